The summed E-state index contributed by atoms with van der Waals surface area (Å²) >= 11 is 5.89. The van der Waals surface area contributed by atoms with Gasteiger partial charge in [-0.05, 0) is 24.5 Å². The summed E-state index contributed by atoms with van der Waals surface area (Å²) in [4.78, 5) is 4.57. The molecule has 0 aliphatic heterocycles. The molecule has 2 aromatic rings. The molecule has 1 unspecified atom stereocenters. The van der Waals surface area contributed by atoms with Gasteiger partial charge in [0.15, 0.2) is 0 Å². The molecule has 2 rings (SSSR count). The van der Waals surface area contributed by atoms with Gasteiger partial charge in [0.25, 0.3) is 0 Å². The Labute approximate surface area is 131 Å². The highest BCUT2D eigenvalue weighted by Crippen LogP contribution is 2.23. The second kappa shape index (κ2) is 7.79. The van der Waals surface area contributed by atoms with Gasteiger partial charge in [-0.2, -0.15) is 0 Å². The van der Waals surface area contributed by atoms with Gasteiger partial charge in [0, 0.05) is 24.9 Å². The normalized spacial score (nSPS) is 13.0. The molecule has 2 nitrogen and oxygen atoms in total. The van der Waals surface area contributed by atoms with E-state index in [2.05, 4.69) is 23.4 Å². The first-order chi connectivity index (χ1) is 10.2. The second-order valence-electron chi connectivity index (χ2n) is 5.63. The van der Waals surface area contributed by atoms with Crippen LogP contribution in [0.3, 0.4) is 0 Å². The zero-order valence-electron chi connectivity index (χ0n) is 12.9. The highest BCUT2D eigenvalue weighted by Gasteiger charge is 2.15. The van der Waals surface area contributed by atoms with Crippen LogP contribution in [0.15, 0.2) is 18.2 Å². The fourth-order valence-electron chi connectivity index (χ4n) is 2.81. The topological polar surface area (TPSA) is 17.8 Å². The predicted octanol–water partition coefficient (Wildman–Crippen LogP) is 5.17. The van der Waals surface area contributed by atoms with E-state index < -0.39 is 0 Å². The monoisotopic (exact) mass is 310 g/mol. The summed E-state index contributed by atoms with van der Waals surface area (Å²) in [6.45, 7) is 5.41. The molecule has 4 heteroatoms. The van der Waals surface area contributed by atoms with E-state index in [0.717, 1.165) is 36.2 Å². The van der Waals surface area contributed by atoms with Gasteiger partial charge in [-0.25, -0.2) is 9.37 Å². The summed E-state index contributed by atoms with van der Waals surface area (Å²) in [5, 5.41) is 0. The van der Waals surface area contributed by atoms with E-state index in [4.69, 9.17) is 11.6 Å². The molecule has 0 amide bonds. The van der Waals surface area contributed by atoms with E-state index in [1.54, 1.807) is 0 Å². The number of benzene rings is 1. The zero-order valence-corrected chi connectivity index (χ0v) is 13.7. The van der Waals surface area contributed by atoms with Gasteiger partial charge < -0.3 is 4.57 Å². The fourth-order valence-corrected chi connectivity index (χ4v) is 2.98. The maximum atomic E-state index is 13.4. The number of hydrogen-bond acceptors (Lipinski definition) is 1. The van der Waals surface area contributed by atoms with Crippen LogP contribution in [0.4, 0.5) is 4.39 Å². The van der Waals surface area contributed by atoms with Crippen LogP contribution in [0.1, 0.15) is 45.4 Å². The molecule has 0 saturated heterocycles. The number of halogens is 2. The molecule has 1 aromatic heterocycles. The minimum atomic E-state index is -0.234. The van der Waals surface area contributed by atoms with Crippen LogP contribution in [0.5, 0.6) is 0 Å². The van der Waals surface area contributed by atoms with E-state index in [-0.39, 0.29) is 5.82 Å². The minimum absolute atomic E-state index is 0.234. The molecule has 0 radical (unpaired) electrons. The number of hydrogen-bond donors (Lipinski definition) is 0. The van der Waals surface area contributed by atoms with Crippen molar-refractivity contribution in [3.8, 4) is 0 Å². The molecule has 1 aromatic carbocycles. The molecule has 0 aliphatic carbocycles. The van der Waals surface area contributed by atoms with E-state index in [0.29, 0.717) is 11.8 Å². The van der Waals surface area contributed by atoms with Crippen LogP contribution in [0.2, 0.25) is 0 Å². The molecule has 1 atom stereocenters. The Balaban J connectivity index is 2.32. The lowest BCUT2D eigenvalue weighted by atomic mass is 9.99. The smallest absolute Gasteiger partial charge is 0.125 e. The van der Waals surface area contributed by atoms with Crippen molar-refractivity contribution in [3.63, 3.8) is 0 Å². The number of imidazole rings is 1. The summed E-state index contributed by atoms with van der Waals surface area (Å²) in [5.74, 6) is 1.92. The highest BCUT2D eigenvalue weighted by molar-refractivity contribution is 6.17. The van der Waals surface area contributed by atoms with Crippen LogP contribution in [-0.4, -0.2) is 15.4 Å². The Morgan fingerprint density at radius 1 is 1.33 bits per heavy atom. The SMILES string of the molecule is CCCCC(CC)Cn1c(CCCl)nc2cc(F)ccc21. The van der Waals surface area contributed by atoms with Gasteiger partial charge in [0.1, 0.15) is 11.6 Å². The first-order valence-electron chi connectivity index (χ1n) is 7.90. The quantitative estimate of drug-likeness (QED) is 0.615. The third-order valence-corrected chi connectivity index (χ3v) is 4.28. The van der Waals surface area contributed by atoms with Crippen molar-refractivity contribution >= 4 is 22.6 Å². The maximum Gasteiger partial charge on any atom is 0.125 e. The molecule has 0 aliphatic rings. The largest absolute Gasteiger partial charge is 0.328 e. The number of aryl methyl sites for hydroxylation is 1. The van der Waals surface area contributed by atoms with Crippen molar-refractivity contribution in [1.29, 1.82) is 0 Å². The lowest BCUT2D eigenvalue weighted by Gasteiger charge is -2.17. The van der Waals surface area contributed by atoms with Gasteiger partial charge in [-0.1, -0.05) is 33.1 Å². The molecular weight excluding hydrogens is 287 g/mol. The Morgan fingerprint density at radius 2 is 2.14 bits per heavy atom. The maximum absolute atomic E-state index is 13.4. The van der Waals surface area contributed by atoms with Gasteiger partial charge >= 0.3 is 0 Å². The van der Waals surface area contributed by atoms with Gasteiger partial charge in [0.05, 0.1) is 11.0 Å². The summed E-state index contributed by atoms with van der Waals surface area (Å²) in [6, 6.07) is 4.86. The lowest BCUT2D eigenvalue weighted by Crippen LogP contribution is -2.13. The van der Waals surface area contributed by atoms with Gasteiger partial charge in [-0.15, -0.1) is 11.6 Å². The van der Waals surface area contributed by atoms with Gasteiger partial charge in [0.2, 0.25) is 0 Å². The summed E-state index contributed by atoms with van der Waals surface area (Å²) < 4.78 is 15.6. The van der Waals surface area contributed by atoms with E-state index >= 15 is 0 Å². The molecule has 116 valence electrons. The average molecular weight is 311 g/mol. The Kier molecular flexibility index (Phi) is 6.04. The number of rotatable bonds is 8. The number of aromatic nitrogens is 2. The van der Waals surface area contributed by atoms with E-state index in [9.17, 15) is 4.39 Å². The Hall–Kier alpha value is -1.09. The molecular formula is C17H24ClFN2. The van der Waals surface area contributed by atoms with Crippen molar-refractivity contribution < 1.29 is 4.39 Å². The molecule has 0 fully saturated rings. The molecule has 21 heavy (non-hydrogen) atoms. The van der Waals surface area contributed by atoms with Crippen LogP contribution >= 0.6 is 11.6 Å². The second-order valence-corrected chi connectivity index (χ2v) is 6.01. The van der Waals surface area contributed by atoms with Crippen LogP contribution in [-0.2, 0) is 13.0 Å². The molecule has 1 heterocycles. The van der Waals surface area contributed by atoms with Crippen molar-refractivity contribution in [3.05, 3.63) is 29.8 Å². The summed E-state index contributed by atoms with van der Waals surface area (Å²) in [5.41, 5.74) is 1.76. The van der Waals surface area contributed by atoms with E-state index in [1.165, 1.54) is 31.4 Å². The van der Waals surface area contributed by atoms with Crippen LogP contribution in [0, 0.1) is 11.7 Å². The first kappa shape index (κ1) is 16.3. The Bertz CT molecular complexity index is 579. The molecule has 0 spiro atoms. The minimum Gasteiger partial charge on any atom is -0.328 e. The van der Waals surface area contributed by atoms with Crippen molar-refractivity contribution in [2.45, 2.75) is 52.5 Å². The molecule has 0 saturated carbocycles. The Morgan fingerprint density at radius 3 is 2.81 bits per heavy atom. The lowest BCUT2D eigenvalue weighted by molar-refractivity contribution is 0.390. The molecule has 0 N–H and O–H groups in total. The van der Waals surface area contributed by atoms with Crippen molar-refractivity contribution in [1.82, 2.24) is 9.55 Å². The highest BCUT2D eigenvalue weighted by atomic mass is 35.5. The fraction of sp³-hybridized carbons (Fsp3) is 0.588. The number of unbranched alkanes of at least 4 members (excludes halogenated alkanes) is 1. The van der Waals surface area contributed by atoms with Crippen LogP contribution in [0.25, 0.3) is 11.0 Å². The van der Waals surface area contributed by atoms with Crippen molar-refractivity contribution in [2.75, 3.05) is 5.88 Å². The van der Waals surface area contributed by atoms with E-state index in [1.807, 2.05) is 6.07 Å². The third kappa shape index (κ3) is 3.97. The number of alkyl halides is 1. The zero-order chi connectivity index (χ0) is 15.2. The number of nitrogens with zero attached hydrogens (tertiary/aromatic N) is 2. The first-order valence-corrected chi connectivity index (χ1v) is 8.43. The van der Waals surface area contributed by atoms with Gasteiger partial charge in [-0.3, -0.25) is 0 Å². The standard InChI is InChI=1S/C17H24ClFN2/c1-3-5-6-13(4-2)12-21-16-8-7-14(19)11-15(16)20-17(21)9-10-18/h7-8,11,13H,3-6,9-10,12H2,1-2H3. The summed E-state index contributed by atoms with van der Waals surface area (Å²) in [6.07, 6.45) is 5.59. The van der Waals surface area contributed by atoms with Crippen molar-refractivity contribution in [2.24, 2.45) is 5.92 Å². The molecule has 0 bridgehead atoms. The summed E-state index contributed by atoms with van der Waals surface area (Å²) in [7, 11) is 0. The average Bonchev–Trinajstić information content (AvgIpc) is 2.80. The predicted molar refractivity (Wildman–Crippen MR) is 87.4 cm³/mol. The third-order valence-electron chi connectivity index (χ3n) is 4.09. The van der Waals surface area contributed by atoms with Crippen LogP contribution < -0.4 is 0 Å². The number of fused-ring (bicyclic) bond motifs is 1.